The van der Waals surface area contributed by atoms with Crippen molar-refractivity contribution in [1.82, 2.24) is 4.98 Å². The Bertz CT molecular complexity index is 650. The van der Waals surface area contributed by atoms with Gasteiger partial charge in [0, 0.05) is 17.8 Å². The highest BCUT2D eigenvalue weighted by molar-refractivity contribution is 9.10. The number of nitrogens with one attached hydrogen (secondary N) is 1. The molecule has 1 aromatic heterocycles. The molecule has 3 nitrogen and oxygen atoms in total. The fraction of sp³-hybridized carbons (Fsp3) is 0. The third kappa shape index (κ3) is 3.36. The topological polar surface area (TPSA) is 42.0 Å². The maximum Gasteiger partial charge on any atom is 0.255 e. The van der Waals surface area contributed by atoms with Crippen LogP contribution in [0.1, 0.15) is 10.4 Å². The van der Waals surface area contributed by atoms with E-state index in [1.54, 1.807) is 0 Å². The molecule has 0 saturated heterocycles. The molecular weight excluding hydrogens is 386 g/mol. The molecule has 2 aromatic rings. The van der Waals surface area contributed by atoms with Crippen molar-refractivity contribution < 1.29 is 13.6 Å². The molecule has 1 heterocycles. The molecular formula is C12H6Br2F2N2O. The van der Waals surface area contributed by atoms with E-state index in [0.717, 1.165) is 12.1 Å². The number of benzene rings is 1. The van der Waals surface area contributed by atoms with Crippen LogP contribution in [-0.2, 0) is 0 Å². The Hall–Kier alpha value is -1.34. The maximum absolute atomic E-state index is 13.6. The maximum atomic E-state index is 13.6. The second-order valence-electron chi connectivity index (χ2n) is 3.57. The third-order valence-corrected chi connectivity index (χ3v) is 3.29. The standard InChI is InChI=1S/C12H6Br2F2N2O/c13-7-4-9(16)10(5-8(7)15)18-12(19)6-1-2-17-11(14)3-6/h1-5H,(H,18,19). The summed E-state index contributed by atoms with van der Waals surface area (Å²) in [5.41, 5.74) is 0.0586. The minimum atomic E-state index is -0.727. The summed E-state index contributed by atoms with van der Waals surface area (Å²) in [5, 5.41) is 2.30. The zero-order valence-electron chi connectivity index (χ0n) is 9.25. The van der Waals surface area contributed by atoms with Crippen LogP contribution in [0.3, 0.4) is 0 Å². The first-order chi connectivity index (χ1) is 8.97. The average Bonchev–Trinajstić information content (AvgIpc) is 2.36. The Morgan fingerprint density at radius 2 is 1.89 bits per heavy atom. The van der Waals surface area contributed by atoms with Crippen molar-refractivity contribution in [3.8, 4) is 0 Å². The summed E-state index contributed by atoms with van der Waals surface area (Å²) in [4.78, 5) is 15.7. The van der Waals surface area contributed by atoms with E-state index in [1.165, 1.54) is 18.3 Å². The van der Waals surface area contributed by atoms with Crippen molar-refractivity contribution >= 4 is 43.5 Å². The molecule has 1 aromatic carbocycles. The number of halogens is 4. The normalized spacial score (nSPS) is 10.3. The monoisotopic (exact) mass is 390 g/mol. The Morgan fingerprint density at radius 3 is 2.58 bits per heavy atom. The van der Waals surface area contributed by atoms with Crippen LogP contribution in [-0.4, -0.2) is 10.9 Å². The van der Waals surface area contributed by atoms with Crippen molar-refractivity contribution in [2.45, 2.75) is 0 Å². The molecule has 0 fully saturated rings. The Balaban J connectivity index is 2.27. The van der Waals surface area contributed by atoms with Gasteiger partial charge in [-0.05, 0) is 50.1 Å². The van der Waals surface area contributed by atoms with E-state index < -0.39 is 17.5 Å². The van der Waals surface area contributed by atoms with Crippen molar-refractivity contribution in [3.05, 3.63) is 56.7 Å². The quantitative estimate of drug-likeness (QED) is 0.617. The SMILES string of the molecule is O=C(Nc1cc(F)c(Br)cc1F)c1ccnc(Br)c1. The summed E-state index contributed by atoms with van der Waals surface area (Å²) in [5.74, 6) is -1.94. The van der Waals surface area contributed by atoms with Gasteiger partial charge in [-0.3, -0.25) is 4.79 Å². The molecule has 19 heavy (non-hydrogen) atoms. The molecule has 98 valence electrons. The summed E-state index contributed by atoms with van der Waals surface area (Å²) < 4.78 is 27.3. The van der Waals surface area contributed by atoms with E-state index in [9.17, 15) is 13.6 Å². The molecule has 0 aliphatic rings. The number of anilines is 1. The number of amides is 1. The Morgan fingerprint density at radius 1 is 1.16 bits per heavy atom. The molecule has 0 saturated carbocycles. The fourth-order valence-electron chi connectivity index (χ4n) is 1.36. The van der Waals surface area contributed by atoms with E-state index in [4.69, 9.17) is 0 Å². The minimum absolute atomic E-state index is 0.00495. The summed E-state index contributed by atoms with van der Waals surface area (Å²) in [6.45, 7) is 0. The number of hydrogen-bond acceptors (Lipinski definition) is 2. The molecule has 0 aliphatic carbocycles. The van der Waals surface area contributed by atoms with Crippen LogP contribution in [0.25, 0.3) is 0 Å². The van der Waals surface area contributed by atoms with Crippen LogP contribution >= 0.6 is 31.9 Å². The van der Waals surface area contributed by atoms with E-state index in [2.05, 4.69) is 42.2 Å². The zero-order chi connectivity index (χ0) is 14.0. The van der Waals surface area contributed by atoms with E-state index in [0.29, 0.717) is 4.60 Å². The summed E-state index contributed by atoms with van der Waals surface area (Å²) in [7, 11) is 0. The lowest BCUT2D eigenvalue weighted by atomic mass is 10.2. The molecule has 1 N–H and O–H groups in total. The highest BCUT2D eigenvalue weighted by Crippen LogP contribution is 2.23. The molecule has 1 amide bonds. The van der Waals surface area contributed by atoms with Gasteiger partial charge in [0.1, 0.15) is 16.2 Å². The predicted molar refractivity (Wildman–Crippen MR) is 73.9 cm³/mol. The highest BCUT2D eigenvalue weighted by atomic mass is 79.9. The van der Waals surface area contributed by atoms with Gasteiger partial charge in [-0.1, -0.05) is 0 Å². The summed E-state index contributed by atoms with van der Waals surface area (Å²) in [6.07, 6.45) is 1.43. The van der Waals surface area contributed by atoms with Gasteiger partial charge in [-0.2, -0.15) is 0 Å². The molecule has 2 rings (SSSR count). The number of carbonyl (C=O) groups excluding carboxylic acids is 1. The van der Waals surface area contributed by atoms with Crippen LogP contribution in [0, 0.1) is 11.6 Å². The van der Waals surface area contributed by atoms with Gasteiger partial charge in [0.15, 0.2) is 0 Å². The second-order valence-corrected chi connectivity index (χ2v) is 5.23. The summed E-state index contributed by atoms with van der Waals surface area (Å²) in [6, 6.07) is 4.80. The van der Waals surface area contributed by atoms with Gasteiger partial charge in [0.25, 0.3) is 5.91 Å². The van der Waals surface area contributed by atoms with Gasteiger partial charge >= 0.3 is 0 Å². The van der Waals surface area contributed by atoms with Gasteiger partial charge < -0.3 is 5.32 Å². The number of hydrogen-bond donors (Lipinski definition) is 1. The lowest BCUT2D eigenvalue weighted by molar-refractivity contribution is 0.102. The number of rotatable bonds is 2. The Kier molecular flexibility index (Phi) is 4.26. The molecule has 0 atom stereocenters. The van der Waals surface area contributed by atoms with E-state index in [1.807, 2.05) is 0 Å². The number of aromatic nitrogens is 1. The van der Waals surface area contributed by atoms with E-state index in [-0.39, 0.29) is 15.7 Å². The van der Waals surface area contributed by atoms with Crippen molar-refractivity contribution in [1.29, 1.82) is 0 Å². The molecule has 0 radical (unpaired) electrons. The van der Waals surface area contributed by atoms with Gasteiger partial charge in [0.05, 0.1) is 10.2 Å². The minimum Gasteiger partial charge on any atom is -0.319 e. The van der Waals surface area contributed by atoms with Crippen LogP contribution in [0.2, 0.25) is 0 Å². The average molecular weight is 392 g/mol. The lowest BCUT2D eigenvalue weighted by Gasteiger charge is -2.07. The van der Waals surface area contributed by atoms with Gasteiger partial charge in [-0.25, -0.2) is 13.8 Å². The molecule has 0 spiro atoms. The zero-order valence-corrected chi connectivity index (χ0v) is 12.4. The van der Waals surface area contributed by atoms with Crippen LogP contribution in [0.5, 0.6) is 0 Å². The number of carbonyl (C=O) groups is 1. The lowest BCUT2D eigenvalue weighted by Crippen LogP contribution is -2.13. The Labute approximate surface area is 124 Å². The predicted octanol–water partition coefficient (Wildman–Crippen LogP) is 4.14. The van der Waals surface area contributed by atoms with Gasteiger partial charge in [-0.15, -0.1) is 0 Å². The third-order valence-electron chi connectivity index (χ3n) is 2.25. The van der Waals surface area contributed by atoms with Crippen molar-refractivity contribution in [3.63, 3.8) is 0 Å². The van der Waals surface area contributed by atoms with Crippen molar-refractivity contribution in [2.24, 2.45) is 0 Å². The first-order valence-corrected chi connectivity index (χ1v) is 6.63. The summed E-state index contributed by atoms with van der Waals surface area (Å²) >= 11 is 5.98. The second kappa shape index (κ2) is 5.75. The van der Waals surface area contributed by atoms with Crippen LogP contribution in [0.4, 0.5) is 14.5 Å². The molecule has 7 heteroatoms. The number of nitrogens with zero attached hydrogens (tertiary/aromatic N) is 1. The van der Waals surface area contributed by atoms with Crippen LogP contribution < -0.4 is 5.32 Å². The highest BCUT2D eigenvalue weighted by Gasteiger charge is 2.12. The molecule has 0 bridgehead atoms. The first-order valence-electron chi connectivity index (χ1n) is 5.05. The first kappa shape index (κ1) is 14.1. The van der Waals surface area contributed by atoms with Crippen molar-refractivity contribution in [2.75, 3.05) is 5.32 Å². The van der Waals surface area contributed by atoms with Crippen LogP contribution in [0.15, 0.2) is 39.5 Å². The molecule has 0 unspecified atom stereocenters. The number of pyridine rings is 1. The fourth-order valence-corrected chi connectivity index (χ4v) is 2.04. The smallest absolute Gasteiger partial charge is 0.255 e. The van der Waals surface area contributed by atoms with Gasteiger partial charge in [0.2, 0.25) is 0 Å². The molecule has 0 aliphatic heterocycles. The largest absolute Gasteiger partial charge is 0.319 e. The van der Waals surface area contributed by atoms with E-state index >= 15 is 0 Å².